The lowest BCUT2D eigenvalue weighted by atomic mass is 9.86. The molecule has 7 heteroatoms. The number of nitrogens with one attached hydrogen (secondary N) is 1. The van der Waals surface area contributed by atoms with Gasteiger partial charge in [-0.2, -0.15) is 0 Å². The van der Waals surface area contributed by atoms with E-state index in [0.29, 0.717) is 38.9 Å². The number of amides is 1. The fourth-order valence-corrected chi connectivity index (χ4v) is 2.95. The predicted octanol–water partition coefficient (Wildman–Crippen LogP) is 1.22. The van der Waals surface area contributed by atoms with Gasteiger partial charge in [-0.3, -0.25) is 9.59 Å². The fraction of sp³-hybridized carbons (Fsp3) is 0.615. The second kappa shape index (κ2) is 6.81. The number of ether oxygens (including phenoxy) is 1. The van der Waals surface area contributed by atoms with Crippen LogP contribution in [0.4, 0.5) is 0 Å². The molecule has 0 bridgehead atoms. The number of carboxylic acid groups (broad SMARTS) is 1. The number of carbonyl (C=O) groups excluding carboxylic acids is 1. The largest absolute Gasteiger partial charge is 0.481 e. The Morgan fingerprint density at radius 1 is 1.45 bits per heavy atom. The molecule has 2 heterocycles. The van der Waals surface area contributed by atoms with E-state index in [1.807, 2.05) is 5.38 Å². The first kappa shape index (κ1) is 14.9. The summed E-state index contributed by atoms with van der Waals surface area (Å²) in [6.07, 6.45) is 1.93. The lowest BCUT2D eigenvalue weighted by molar-refractivity contribution is -0.140. The Balaban J connectivity index is 1.89. The second-order valence-corrected chi connectivity index (χ2v) is 5.71. The van der Waals surface area contributed by atoms with Crippen molar-refractivity contribution >= 4 is 23.2 Å². The average molecular weight is 298 g/mol. The maximum Gasteiger partial charge on any atom is 0.305 e. The molecule has 2 N–H and O–H groups in total. The molecule has 0 aromatic carbocycles. The minimum Gasteiger partial charge on any atom is -0.481 e. The molecule has 0 aliphatic carbocycles. The number of nitrogens with zero attached hydrogens (tertiary/aromatic N) is 1. The molecule has 1 amide bonds. The van der Waals surface area contributed by atoms with Crippen LogP contribution in [0, 0.1) is 0 Å². The van der Waals surface area contributed by atoms with E-state index in [2.05, 4.69) is 10.3 Å². The summed E-state index contributed by atoms with van der Waals surface area (Å²) in [6, 6.07) is 0. The maximum absolute atomic E-state index is 12.0. The van der Waals surface area contributed by atoms with Gasteiger partial charge in [-0.05, 0) is 19.3 Å². The minimum absolute atomic E-state index is 0.0567. The van der Waals surface area contributed by atoms with Gasteiger partial charge in [0.1, 0.15) is 0 Å². The summed E-state index contributed by atoms with van der Waals surface area (Å²) in [5.41, 5.74) is 1.96. The van der Waals surface area contributed by atoms with Crippen LogP contribution in [0.25, 0.3) is 0 Å². The zero-order chi connectivity index (χ0) is 14.4. The van der Waals surface area contributed by atoms with Crippen molar-refractivity contribution < 1.29 is 19.4 Å². The number of aromatic nitrogens is 1. The number of hydrogen-bond donors (Lipinski definition) is 2. The van der Waals surface area contributed by atoms with Crippen molar-refractivity contribution in [2.24, 2.45) is 0 Å². The first-order valence-corrected chi connectivity index (χ1v) is 7.52. The van der Waals surface area contributed by atoms with Crippen LogP contribution in [0.1, 0.15) is 31.4 Å². The van der Waals surface area contributed by atoms with Gasteiger partial charge in [0, 0.05) is 25.0 Å². The lowest BCUT2D eigenvalue weighted by Gasteiger charge is -2.36. The van der Waals surface area contributed by atoms with E-state index in [4.69, 9.17) is 9.84 Å². The molecule has 0 radical (unpaired) electrons. The number of carbonyl (C=O) groups is 2. The highest BCUT2D eigenvalue weighted by Gasteiger charge is 2.36. The number of hydrogen-bond acceptors (Lipinski definition) is 5. The third-order valence-corrected chi connectivity index (χ3v) is 4.07. The smallest absolute Gasteiger partial charge is 0.305 e. The van der Waals surface area contributed by atoms with Gasteiger partial charge in [0.2, 0.25) is 5.91 Å². The first-order chi connectivity index (χ1) is 9.60. The van der Waals surface area contributed by atoms with Crippen molar-refractivity contribution in [1.29, 1.82) is 0 Å². The highest BCUT2D eigenvalue weighted by molar-refractivity contribution is 7.07. The number of thiazole rings is 1. The summed E-state index contributed by atoms with van der Waals surface area (Å²) in [5, 5.41) is 13.8. The van der Waals surface area contributed by atoms with Gasteiger partial charge >= 0.3 is 5.97 Å². The fourth-order valence-electron chi connectivity index (χ4n) is 2.36. The molecule has 0 atom stereocenters. The standard InChI is InChI=1S/C13H18N2O4S/c16-11(2-1-10-8-20-9-14-10)15-13(7-12(17)18)3-5-19-6-4-13/h8-9H,1-7H2,(H,15,16)(H,17,18). The first-order valence-electron chi connectivity index (χ1n) is 6.57. The Labute approximate surface area is 121 Å². The van der Waals surface area contributed by atoms with Crippen molar-refractivity contribution in [3.05, 3.63) is 16.6 Å². The zero-order valence-electron chi connectivity index (χ0n) is 11.1. The van der Waals surface area contributed by atoms with E-state index in [-0.39, 0.29) is 12.3 Å². The van der Waals surface area contributed by atoms with Crippen LogP contribution in [0.2, 0.25) is 0 Å². The second-order valence-electron chi connectivity index (χ2n) is 4.99. The van der Waals surface area contributed by atoms with Gasteiger partial charge in [0.05, 0.1) is 23.2 Å². The molecule has 110 valence electrons. The normalized spacial score (nSPS) is 17.6. The molecular weight excluding hydrogens is 280 g/mol. The van der Waals surface area contributed by atoms with Crippen LogP contribution in [0.5, 0.6) is 0 Å². The molecular formula is C13H18N2O4S. The quantitative estimate of drug-likeness (QED) is 0.824. The van der Waals surface area contributed by atoms with Crippen LogP contribution in [-0.2, 0) is 20.7 Å². The summed E-state index contributed by atoms with van der Waals surface area (Å²) in [7, 11) is 0. The van der Waals surface area contributed by atoms with E-state index in [0.717, 1.165) is 5.69 Å². The van der Waals surface area contributed by atoms with Crippen molar-refractivity contribution in [2.75, 3.05) is 13.2 Å². The minimum atomic E-state index is -0.897. The summed E-state index contributed by atoms with van der Waals surface area (Å²) in [4.78, 5) is 27.1. The van der Waals surface area contributed by atoms with Crippen LogP contribution < -0.4 is 5.32 Å². The molecule has 0 unspecified atom stereocenters. The highest BCUT2D eigenvalue weighted by atomic mass is 32.1. The Bertz CT molecular complexity index is 455. The van der Waals surface area contributed by atoms with Gasteiger partial charge in [-0.25, -0.2) is 4.98 Å². The molecule has 1 saturated heterocycles. The topological polar surface area (TPSA) is 88.5 Å². The number of aliphatic carboxylic acids is 1. The summed E-state index contributed by atoms with van der Waals surface area (Å²) in [6.45, 7) is 0.972. The molecule has 1 aliphatic heterocycles. The van der Waals surface area contributed by atoms with Gasteiger partial charge in [-0.1, -0.05) is 0 Å². The lowest BCUT2D eigenvalue weighted by Crippen LogP contribution is -2.53. The summed E-state index contributed by atoms with van der Waals surface area (Å²) < 4.78 is 5.25. The highest BCUT2D eigenvalue weighted by Crippen LogP contribution is 2.24. The van der Waals surface area contributed by atoms with Gasteiger partial charge in [0.15, 0.2) is 0 Å². The van der Waals surface area contributed by atoms with Crippen molar-refractivity contribution in [3.63, 3.8) is 0 Å². The summed E-state index contributed by atoms with van der Waals surface area (Å²) in [5.74, 6) is -1.02. The van der Waals surface area contributed by atoms with E-state index in [1.165, 1.54) is 11.3 Å². The number of rotatable bonds is 6. The number of aryl methyl sites for hydroxylation is 1. The van der Waals surface area contributed by atoms with E-state index in [1.54, 1.807) is 5.51 Å². The van der Waals surface area contributed by atoms with Crippen molar-refractivity contribution in [1.82, 2.24) is 10.3 Å². The van der Waals surface area contributed by atoms with E-state index < -0.39 is 11.5 Å². The molecule has 20 heavy (non-hydrogen) atoms. The molecule has 0 spiro atoms. The van der Waals surface area contributed by atoms with E-state index in [9.17, 15) is 9.59 Å². The Morgan fingerprint density at radius 2 is 2.20 bits per heavy atom. The van der Waals surface area contributed by atoms with Crippen LogP contribution in [0.3, 0.4) is 0 Å². The molecule has 2 rings (SSSR count). The van der Waals surface area contributed by atoms with Crippen LogP contribution >= 0.6 is 11.3 Å². The van der Waals surface area contributed by atoms with Crippen LogP contribution in [-0.4, -0.2) is 40.7 Å². The molecule has 1 aromatic heterocycles. The van der Waals surface area contributed by atoms with E-state index >= 15 is 0 Å². The van der Waals surface area contributed by atoms with Gasteiger partial charge in [-0.15, -0.1) is 11.3 Å². The molecule has 1 fully saturated rings. The Morgan fingerprint density at radius 3 is 2.80 bits per heavy atom. The third kappa shape index (κ3) is 4.28. The third-order valence-electron chi connectivity index (χ3n) is 3.44. The zero-order valence-corrected chi connectivity index (χ0v) is 11.9. The summed E-state index contributed by atoms with van der Waals surface area (Å²) >= 11 is 1.50. The SMILES string of the molecule is O=C(O)CC1(NC(=O)CCc2cscn2)CCOCC1. The molecule has 0 saturated carbocycles. The molecule has 6 nitrogen and oxygen atoms in total. The number of carboxylic acids is 1. The van der Waals surface area contributed by atoms with Gasteiger partial charge in [0.25, 0.3) is 0 Å². The molecule has 1 aliphatic rings. The monoisotopic (exact) mass is 298 g/mol. The van der Waals surface area contributed by atoms with Crippen molar-refractivity contribution in [2.45, 2.75) is 37.6 Å². The molecule has 1 aromatic rings. The maximum atomic E-state index is 12.0. The van der Waals surface area contributed by atoms with Gasteiger partial charge < -0.3 is 15.2 Å². The van der Waals surface area contributed by atoms with Crippen LogP contribution in [0.15, 0.2) is 10.9 Å². The average Bonchev–Trinajstić information content (AvgIpc) is 2.89. The predicted molar refractivity (Wildman–Crippen MR) is 73.6 cm³/mol. The Hall–Kier alpha value is -1.47. The Kier molecular flexibility index (Phi) is 5.08. The van der Waals surface area contributed by atoms with Crippen molar-refractivity contribution in [3.8, 4) is 0 Å².